The van der Waals surface area contributed by atoms with Gasteiger partial charge in [-0.2, -0.15) is 0 Å². The van der Waals surface area contributed by atoms with Crippen LogP contribution in [0.25, 0.3) is 0 Å². The van der Waals surface area contributed by atoms with Gasteiger partial charge in [0.05, 0.1) is 0 Å². The summed E-state index contributed by atoms with van der Waals surface area (Å²) in [5.74, 6) is 0.857. The zero-order valence-corrected chi connectivity index (χ0v) is 10.6. The molecule has 1 aromatic rings. The van der Waals surface area contributed by atoms with Crippen LogP contribution in [-0.2, 0) is 0 Å². The predicted octanol–water partition coefficient (Wildman–Crippen LogP) is 0.775. The molecule has 100 valence electrons. The van der Waals surface area contributed by atoms with E-state index >= 15 is 0 Å². The Morgan fingerprint density at radius 2 is 2.22 bits per heavy atom. The number of nitrogens with two attached hydrogens (primary N) is 1. The summed E-state index contributed by atoms with van der Waals surface area (Å²) in [6, 6.07) is 3.47. The van der Waals surface area contributed by atoms with Crippen molar-refractivity contribution in [2.24, 2.45) is 10.9 Å². The minimum absolute atomic E-state index is 0.0762. The molecular weight excluding hydrogens is 232 g/mol. The minimum atomic E-state index is 0.0762. The number of rotatable bonds is 7. The van der Waals surface area contributed by atoms with Crippen molar-refractivity contribution in [1.29, 1.82) is 0 Å². The van der Waals surface area contributed by atoms with Gasteiger partial charge in [-0.3, -0.25) is 0 Å². The van der Waals surface area contributed by atoms with Gasteiger partial charge in [-0.25, -0.2) is 4.98 Å². The maximum Gasteiger partial charge on any atom is 0.170 e. The van der Waals surface area contributed by atoms with Crippen molar-refractivity contribution in [2.75, 3.05) is 25.1 Å². The Labute approximate surface area is 107 Å². The Balaban J connectivity index is 2.60. The molecule has 0 aliphatic carbocycles. The molecule has 0 amide bonds. The molecule has 0 atom stereocenters. The second-order valence-electron chi connectivity index (χ2n) is 4.09. The van der Waals surface area contributed by atoms with Crippen molar-refractivity contribution >= 4 is 11.7 Å². The van der Waals surface area contributed by atoms with Crippen LogP contribution in [-0.4, -0.2) is 41.3 Å². The molecule has 0 spiro atoms. The van der Waals surface area contributed by atoms with E-state index in [0.717, 1.165) is 31.6 Å². The lowest BCUT2D eigenvalue weighted by Gasteiger charge is -2.18. The van der Waals surface area contributed by atoms with E-state index in [2.05, 4.69) is 10.1 Å². The summed E-state index contributed by atoms with van der Waals surface area (Å²) in [4.78, 5) is 6.24. The summed E-state index contributed by atoms with van der Waals surface area (Å²) in [6.45, 7) is 1.09. The van der Waals surface area contributed by atoms with Gasteiger partial charge in [0.1, 0.15) is 5.82 Å². The van der Waals surface area contributed by atoms with Crippen molar-refractivity contribution in [1.82, 2.24) is 4.98 Å². The fourth-order valence-electron chi connectivity index (χ4n) is 1.60. The first-order valence-electron chi connectivity index (χ1n) is 5.95. The van der Waals surface area contributed by atoms with Crippen molar-refractivity contribution in [2.45, 2.75) is 19.3 Å². The molecule has 4 N–H and O–H groups in total. The number of aliphatic hydroxyl groups excluding tert-OH is 1. The Kier molecular flexibility index (Phi) is 5.93. The average Bonchev–Trinajstić information content (AvgIpc) is 2.42. The molecule has 6 nitrogen and oxygen atoms in total. The number of pyridine rings is 1. The molecule has 1 aromatic heterocycles. The number of unbranched alkanes of at least 4 members (excludes halogenated alkanes) is 2. The molecule has 0 aliphatic heterocycles. The highest BCUT2D eigenvalue weighted by atomic mass is 16.4. The van der Waals surface area contributed by atoms with Crippen LogP contribution in [0.5, 0.6) is 0 Å². The number of oxime groups is 1. The van der Waals surface area contributed by atoms with E-state index in [1.54, 1.807) is 18.3 Å². The van der Waals surface area contributed by atoms with Crippen LogP contribution in [0.15, 0.2) is 23.5 Å². The van der Waals surface area contributed by atoms with E-state index in [1.807, 2.05) is 11.9 Å². The number of hydrogen-bond donors (Lipinski definition) is 3. The summed E-state index contributed by atoms with van der Waals surface area (Å²) >= 11 is 0. The number of amidine groups is 1. The van der Waals surface area contributed by atoms with Crippen LogP contribution in [0.1, 0.15) is 24.8 Å². The third-order valence-corrected chi connectivity index (χ3v) is 2.69. The maximum absolute atomic E-state index is 8.70. The van der Waals surface area contributed by atoms with Gasteiger partial charge in [0.2, 0.25) is 0 Å². The summed E-state index contributed by atoms with van der Waals surface area (Å²) in [5.41, 5.74) is 6.17. The van der Waals surface area contributed by atoms with Crippen LogP contribution >= 0.6 is 0 Å². The van der Waals surface area contributed by atoms with Gasteiger partial charge in [-0.15, -0.1) is 0 Å². The van der Waals surface area contributed by atoms with Gasteiger partial charge in [0.15, 0.2) is 5.84 Å². The number of aromatic nitrogens is 1. The Morgan fingerprint density at radius 1 is 1.44 bits per heavy atom. The number of hydrogen-bond acceptors (Lipinski definition) is 5. The van der Waals surface area contributed by atoms with E-state index in [-0.39, 0.29) is 12.4 Å². The van der Waals surface area contributed by atoms with Crippen molar-refractivity contribution in [3.05, 3.63) is 23.9 Å². The third-order valence-electron chi connectivity index (χ3n) is 2.69. The third kappa shape index (κ3) is 4.21. The highest BCUT2D eigenvalue weighted by Crippen LogP contribution is 2.12. The van der Waals surface area contributed by atoms with Gasteiger partial charge in [0, 0.05) is 32.0 Å². The summed E-state index contributed by atoms with van der Waals surface area (Å²) in [5, 5.41) is 20.3. The first-order valence-corrected chi connectivity index (χ1v) is 5.95. The summed E-state index contributed by atoms with van der Waals surface area (Å²) in [7, 11) is 1.94. The molecule has 0 aromatic carbocycles. The second-order valence-corrected chi connectivity index (χ2v) is 4.09. The van der Waals surface area contributed by atoms with E-state index in [4.69, 9.17) is 16.0 Å². The van der Waals surface area contributed by atoms with Crippen LogP contribution in [0.4, 0.5) is 5.82 Å². The maximum atomic E-state index is 8.70. The molecule has 0 bridgehead atoms. The Morgan fingerprint density at radius 3 is 2.89 bits per heavy atom. The first kappa shape index (κ1) is 14.2. The standard InChI is InChI=1S/C12H20N4O2/c1-16(7-3-2-4-8-17)11-9-10(5-6-14-11)12(13)15-18/h5-6,9,17-18H,2-4,7-8H2,1H3,(H2,13,15). The summed E-state index contributed by atoms with van der Waals surface area (Å²) < 4.78 is 0. The van der Waals surface area contributed by atoms with E-state index in [9.17, 15) is 0 Å². The topological polar surface area (TPSA) is 95.0 Å². The lowest BCUT2D eigenvalue weighted by Crippen LogP contribution is -2.21. The molecular formula is C12H20N4O2. The zero-order chi connectivity index (χ0) is 13.4. The average molecular weight is 252 g/mol. The van der Waals surface area contributed by atoms with Gasteiger partial charge in [0.25, 0.3) is 0 Å². The van der Waals surface area contributed by atoms with Crippen molar-refractivity contribution in [3.63, 3.8) is 0 Å². The smallest absolute Gasteiger partial charge is 0.170 e. The molecule has 0 fully saturated rings. The van der Waals surface area contributed by atoms with Crippen molar-refractivity contribution < 1.29 is 10.3 Å². The highest BCUT2D eigenvalue weighted by Gasteiger charge is 2.05. The van der Waals surface area contributed by atoms with Gasteiger partial charge >= 0.3 is 0 Å². The monoisotopic (exact) mass is 252 g/mol. The predicted molar refractivity (Wildman–Crippen MR) is 71.0 cm³/mol. The van der Waals surface area contributed by atoms with Crippen LogP contribution in [0, 0.1) is 0 Å². The lowest BCUT2D eigenvalue weighted by atomic mass is 10.2. The number of nitrogens with zero attached hydrogens (tertiary/aromatic N) is 3. The minimum Gasteiger partial charge on any atom is -0.409 e. The zero-order valence-electron chi connectivity index (χ0n) is 10.6. The molecule has 0 aliphatic rings. The quantitative estimate of drug-likeness (QED) is 0.219. The van der Waals surface area contributed by atoms with Crippen molar-refractivity contribution in [3.8, 4) is 0 Å². The second kappa shape index (κ2) is 7.50. The molecule has 0 unspecified atom stereocenters. The molecule has 6 heteroatoms. The fraction of sp³-hybridized carbons (Fsp3) is 0.500. The summed E-state index contributed by atoms with van der Waals surface area (Å²) in [6.07, 6.45) is 4.44. The van der Waals surface area contributed by atoms with Crippen LogP contribution in [0.3, 0.4) is 0 Å². The molecule has 18 heavy (non-hydrogen) atoms. The molecule has 0 radical (unpaired) electrons. The molecule has 0 saturated carbocycles. The first-order chi connectivity index (χ1) is 8.69. The van der Waals surface area contributed by atoms with E-state index in [0.29, 0.717) is 5.56 Å². The van der Waals surface area contributed by atoms with E-state index < -0.39 is 0 Å². The Hall–Kier alpha value is -1.82. The van der Waals surface area contributed by atoms with Gasteiger partial charge in [-0.05, 0) is 31.4 Å². The normalized spacial score (nSPS) is 11.6. The molecule has 1 heterocycles. The lowest BCUT2D eigenvalue weighted by molar-refractivity contribution is 0.283. The molecule has 0 saturated heterocycles. The number of aliphatic hydroxyl groups is 1. The fourth-order valence-corrected chi connectivity index (χ4v) is 1.60. The van der Waals surface area contributed by atoms with Crippen LogP contribution < -0.4 is 10.6 Å². The van der Waals surface area contributed by atoms with Crippen LogP contribution in [0.2, 0.25) is 0 Å². The molecule has 1 rings (SSSR count). The van der Waals surface area contributed by atoms with E-state index in [1.165, 1.54) is 0 Å². The van der Waals surface area contributed by atoms with Gasteiger partial charge < -0.3 is 20.9 Å². The van der Waals surface area contributed by atoms with Gasteiger partial charge in [-0.1, -0.05) is 5.16 Å². The Bertz CT molecular complexity index is 395. The highest BCUT2D eigenvalue weighted by molar-refractivity contribution is 5.97. The SMILES string of the molecule is CN(CCCCCO)c1cc(/C(N)=N/O)ccn1. The number of anilines is 1. The largest absolute Gasteiger partial charge is 0.409 e.